The SMILES string of the molecule is [B]c1ccccc1C(=O)/C=C/c1ccc2ccccc2c1Br. The topological polar surface area (TPSA) is 17.1 Å². The van der Waals surface area contributed by atoms with Gasteiger partial charge in [0, 0.05) is 10.0 Å². The number of hydrogen-bond acceptors (Lipinski definition) is 1. The summed E-state index contributed by atoms with van der Waals surface area (Å²) >= 11 is 3.62. The molecule has 2 radical (unpaired) electrons. The van der Waals surface area contributed by atoms with E-state index in [-0.39, 0.29) is 5.78 Å². The predicted molar refractivity (Wildman–Crippen MR) is 96.8 cm³/mol. The molecule has 0 aliphatic heterocycles. The summed E-state index contributed by atoms with van der Waals surface area (Å²) in [6.07, 6.45) is 3.37. The van der Waals surface area contributed by atoms with E-state index in [2.05, 4.69) is 22.0 Å². The minimum atomic E-state index is -0.0989. The number of carbonyl (C=O) groups excluding carboxylic acids is 1. The van der Waals surface area contributed by atoms with Crippen LogP contribution in [0.15, 0.2) is 71.2 Å². The zero-order chi connectivity index (χ0) is 15.5. The second-order valence-corrected chi connectivity index (χ2v) is 5.77. The number of benzene rings is 3. The summed E-state index contributed by atoms with van der Waals surface area (Å²) in [5.41, 5.74) is 1.98. The maximum absolute atomic E-state index is 12.2. The molecule has 0 heterocycles. The lowest BCUT2D eigenvalue weighted by Crippen LogP contribution is -2.13. The van der Waals surface area contributed by atoms with Crippen molar-refractivity contribution in [2.75, 3.05) is 0 Å². The first-order chi connectivity index (χ1) is 10.7. The third-order valence-corrected chi connectivity index (χ3v) is 4.42. The molecule has 0 N–H and O–H groups in total. The van der Waals surface area contributed by atoms with Crippen molar-refractivity contribution in [3.63, 3.8) is 0 Å². The predicted octanol–water partition coefficient (Wildman–Crippen LogP) is 4.29. The highest BCUT2D eigenvalue weighted by Crippen LogP contribution is 2.28. The van der Waals surface area contributed by atoms with E-state index < -0.39 is 0 Å². The Balaban J connectivity index is 1.95. The highest BCUT2D eigenvalue weighted by Gasteiger charge is 2.06. The van der Waals surface area contributed by atoms with Crippen molar-refractivity contribution in [1.29, 1.82) is 0 Å². The van der Waals surface area contributed by atoms with Crippen molar-refractivity contribution in [3.8, 4) is 0 Å². The van der Waals surface area contributed by atoms with Crippen LogP contribution in [0.1, 0.15) is 15.9 Å². The number of carbonyl (C=O) groups is 1. The maximum atomic E-state index is 12.2. The largest absolute Gasteiger partial charge is 0.289 e. The maximum Gasteiger partial charge on any atom is 0.185 e. The molecule has 3 aromatic rings. The molecule has 0 saturated heterocycles. The first-order valence-electron chi connectivity index (χ1n) is 6.91. The first-order valence-corrected chi connectivity index (χ1v) is 7.70. The average molecular weight is 347 g/mol. The highest BCUT2D eigenvalue weighted by atomic mass is 79.9. The van der Waals surface area contributed by atoms with Gasteiger partial charge in [-0.3, -0.25) is 4.79 Å². The molecule has 3 rings (SSSR count). The molecule has 1 nitrogen and oxygen atoms in total. The van der Waals surface area contributed by atoms with Crippen LogP contribution in [0, 0.1) is 0 Å². The number of allylic oxidation sites excluding steroid dienone is 1. The van der Waals surface area contributed by atoms with Crippen LogP contribution in [0.3, 0.4) is 0 Å². The number of ketones is 1. The Kier molecular flexibility index (Phi) is 4.26. The summed E-state index contributed by atoms with van der Waals surface area (Å²) in [7, 11) is 5.83. The van der Waals surface area contributed by atoms with Gasteiger partial charge in [0.1, 0.15) is 7.85 Å². The van der Waals surface area contributed by atoms with E-state index in [1.54, 1.807) is 18.2 Å². The van der Waals surface area contributed by atoms with Crippen LogP contribution >= 0.6 is 15.9 Å². The van der Waals surface area contributed by atoms with Gasteiger partial charge in [-0.05, 0) is 44.4 Å². The molecule has 104 valence electrons. The molecular weight excluding hydrogens is 335 g/mol. The van der Waals surface area contributed by atoms with Crippen LogP contribution in [0.25, 0.3) is 16.8 Å². The zero-order valence-corrected chi connectivity index (χ0v) is 13.4. The molecule has 3 heteroatoms. The van der Waals surface area contributed by atoms with Crippen molar-refractivity contribution >= 4 is 51.9 Å². The second-order valence-electron chi connectivity index (χ2n) is 4.97. The summed E-state index contributed by atoms with van der Waals surface area (Å²) in [4.78, 5) is 12.2. The highest BCUT2D eigenvalue weighted by molar-refractivity contribution is 9.10. The molecule has 0 aliphatic carbocycles. The van der Waals surface area contributed by atoms with E-state index in [1.165, 1.54) is 0 Å². The van der Waals surface area contributed by atoms with Gasteiger partial charge in [0.2, 0.25) is 0 Å². The lowest BCUT2D eigenvalue weighted by Gasteiger charge is -2.05. The zero-order valence-electron chi connectivity index (χ0n) is 11.8. The first kappa shape index (κ1) is 14.8. The Hall–Kier alpha value is -2.13. The van der Waals surface area contributed by atoms with E-state index in [0.717, 1.165) is 20.8 Å². The normalized spacial score (nSPS) is 11.1. The quantitative estimate of drug-likeness (QED) is 0.392. The van der Waals surface area contributed by atoms with Gasteiger partial charge in [-0.25, -0.2) is 0 Å². The number of fused-ring (bicyclic) bond motifs is 1. The summed E-state index contributed by atoms with van der Waals surface area (Å²) in [5, 5.41) is 2.28. The smallest absolute Gasteiger partial charge is 0.185 e. The van der Waals surface area contributed by atoms with E-state index in [9.17, 15) is 4.79 Å². The van der Waals surface area contributed by atoms with Crippen LogP contribution in [0.2, 0.25) is 0 Å². The molecule has 0 spiro atoms. The van der Waals surface area contributed by atoms with E-state index in [1.807, 2.05) is 48.5 Å². The molecule has 0 fully saturated rings. The summed E-state index contributed by atoms with van der Waals surface area (Å²) in [6.45, 7) is 0. The van der Waals surface area contributed by atoms with Gasteiger partial charge < -0.3 is 0 Å². The van der Waals surface area contributed by atoms with E-state index in [0.29, 0.717) is 11.0 Å². The molecule has 0 saturated carbocycles. The second kappa shape index (κ2) is 6.33. The number of rotatable bonds is 3. The van der Waals surface area contributed by atoms with Crippen LogP contribution in [0.4, 0.5) is 0 Å². The summed E-state index contributed by atoms with van der Waals surface area (Å²) in [5.74, 6) is -0.0989. The standard InChI is InChI=1S/C19H12BBrO/c20-17-8-4-3-7-16(17)18(22)12-11-14-10-9-13-5-1-2-6-15(13)19(14)21/h1-12H/b12-11+. The van der Waals surface area contributed by atoms with E-state index >= 15 is 0 Å². The summed E-state index contributed by atoms with van der Waals surface area (Å²) in [6, 6.07) is 19.2. The molecule has 0 aliphatic rings. The fourth-order valence-corrected chi connectivity index (χ4v) is 2.98. The van der Waals surface area contributed by atoms with Gasteiger partial charge >= 0.3 is 0 Å². The van der Waals surface area contributed by atoms with Gasteiger partial charge in [-0.2, -0.15) is 0 Å². The molecule has 3 aromatic carbocycles. The van der Waals surface area contributed by atoms with Gasteiger partial charge in [0.25, 0.3) is 0 Å². The third kappa shape index (κ3) is 2.90. The number of hydrogen-bond donors (Lipinski definition) is 0. The molecule has 22 heavy (non-hydrogen) atoms. The Morgan fingerprint density at radius 3 is 2.50 bits per heavy atom. The Bertz CT molecular complexity index is 883. The monoisotopic (exact) mass is 346 g/mol. The van der Waals surface area contributed by atoms with Crippen LogP contribution in [-0.2, 0) is 0 Å². The van der Waals surface area contributed by atoms with E-state index in [4.69, 9.17) is 7.85 Å². The van der Waals surface area contributed by atoms with Crippen LogP contribution in [-0.4, -0.2) is 13.6 Å². The lowest BCUT2D eigenvalue weighted by atomic mass is 9.88. The van der Waals surface area contributed by atoms with Crippen molar-refractivity contribution in [1.82, 2.24) is 0 Å². The molecular formula is C19H12BBrO. The Morgan fingerprint density at radius 2 is 1.68 bits per heavy atom. The molecule has 0 aromatic heterocycles. The van der Waals surface area contributed by atoms with Crippen molar-refractivity contribution in [2.24, 2.45) is 0 Å². The van der Waals surface area contributed by atoms with Gasteiger partial charge in [-0.1, -0.05) is 66.1 Å². The molecule has 0 atom stereocenters. The molecule has 0 bridgehead atoms. The van der Waals surface area contributed by atoms with Crippen molar-refractivity contribution < 1.29 is 4.79 Å². The van der Waals surface area contributed by atoms with Gasteiger partial charge in [0.15, 0.2) is 5.78 Å². The van der Waals surface area contributed by atoms with Gasteiger partial charge in [-0.15, -0.1) is 0 Å². The van der Waals surface area contributed by atoms with Crippen molar-refractivity contribution in [3.05, 3.63) is 82.3 Å². The fraction of sp³-hybridized carbons (Fsp3) is 0. The average Bonchev–Trinajstić information content (AvgIpc) is 2.55. The fourth-order valence-electron chi connectivity index (χ4n) is 2.36. The van der Waals surface area contributed by atoms with Crippen LogP contribution < -0.4 is 5.46 Å². The number of halogens is 1. The minimum absolute atomic E-state index is 0.0989. The van der Waals surface area contributed by atoms with Crippen LogP contribution in [0.5, 0.6) is 0 Å². The summed E-state index contributed by atoms with van der Waals surface area (Å²) < 4.78 is 0.982. The minimum Gasteiger partial charge on any atom is -0.289 e. The lowest BCUT2D eigenvalue weighted by molar-refractivity contribution is 0.104. The third-order valence-electron chi connectivity index (χ3n) is 3.53. The van der Waals surface area contributed by atoms with Gasteiger partial charge in [0.05, 0.1) is 0 Å². The Labute approximate surface area is 139 Å². The van der Waals surface area contributed by atoms with Crippen molar-refractivity contribution in [2.45, 2.75) is 0 Å². The molecule has 0 unspecified atom stereocenters. The Morgan fingerprint density at radius 1 is 0.955 bits per heavy atom. The molecule has 0 amide bonds.